The van der Waals surface area contributed by atoms with Gasteiger partial charge in [-0.3, -0.25) is 4.98 Å². The molecule has 1 fully saturated rings. The summed E-state index contributed by atoms with van der Waals surface area (Å²) in [5.74, 6) is -0.358. The van der Waals surface area contributed by atoms with E-state index in [9.17, 15) is 4.79 Å². The second kappa shape index (κ2) is 9.49. The molecule has 3 aromatic rings. The fraction of sp³-hybridized carbons (Fsp3) is 0.261. The van der Waals surface area contributed by atoms with Crippen molar-refractivity contribution in [1.82, 2.24) is 10.3 Å². The van der Waals surface area contributed by atoms with Gasteiger partial charge in [-0.1, -0.05) is 23.7 Å². The largest absolute Gasteiger partial charge is 0.465 e. The van der Waals surface area contributed by atoms with Gasteiger partial charge in [-0.25, -0.2) is 4.79 Å². The molecule has 1 aromatic heterocycles. The molecule has 0 unspecified atom stereocenters. The number of hydrogen-bond acceptors (Lipinski definition) is 5. The maximum Gasteiger partial charge on any atom is 0.337 e. The highest BCUT2D eigenvalue weighted by atomic mass is 35.5. The molecule has 0 bridgehead atoms. The van der Waals surface area contributed by atoms with Crippen molar-refractivity contribution in [3.63, 3.8) is 0 Å². The minimum Gasteiger partial charge on any atom is -0.465 e. The van der Waals surface area contributed by atoms with Crippen molar-refractivity contribution in [2.24, 2.45) is 0 Å². The van der Waals surface area contributed by atoms with Crippen molar-refractivity contribution in [3.05, 3.63) is 65.3 Å². The first-order chi connectivity index (χ1) is 15.0. The molecule has 2 heterocycles. The van der Waals surface area contributed by atoms with Crippen LogP contribution < -0.4 is 15.5 Å². The zero-order chi connectivity index (χ0) is 21.8. The number of anilines is 2. The number of fused-ring (bicyclic) bond motifs is 1. The van der Waals surface area contributed by atoms with E-state index in [1.807, 2.05) is 30.5 Å². The molecule has 6 nitrogen and oxygen atoms in total. The van der Waals surface area contributed by atoms with Gasteiger partial charge < -0.3 is 20.3 Å². The molecule has 1 aliphatic heterocycles. The second-order valence-corrected chi connectivity index (χ2v) is 8.21. The van der Waals surface area contributed by atoms with E-state index in [4.69, 9.17) is 28.6 Å². The number of rotatable bonds is 4. The number of benzene rings is 2. The topological polar surface area (TPSA) is 66.5 Å². The number of methoxy groups -OCH3 is 1. The first-order valence-electron chi connectivity index (χ1n) is 10.1. The zero-order valence-corrected chi connectivity index (χ0v) is 18.7. The Bertz CT molecular complexity index is 1100. The molecule has 0 saturated carbocycles. The number of carbonyl (C=O) groups excluding carboxylic acids is 1. The fourth-order valence-electron chi connectivity index (χ4n) is 3.83. The van der Waals surface area contributed by atoms with Crippen LogP contribution in [0.1, 0.15) is 23.2 Å². The third-order valence-corrected chi connectivity index (χ3v) is 5.96. The number of carbonyl (C=O) groups is 1. The fourth-order valence-corrected chi connectivity index (χ4v) is 4.33. The maximum absolute atomic E-state index is 11.5. The molecule has 0 aliphatic carbocycles. The van der Waals surface area contributed by atoms with Crippen LogP contribution in [0.4, 0.5) is 11.4 Å². The first-order valence-corrected chi connectivity index (χ1v) is 10.9. The Hall–Kier alpha value is -2.90. The zero-order valence-electron chi connectivity index (χ0n) is 17.1. The molecular weight excluding hydrogens is 432 g/mol. The summed E-state index contributed by atoms with van der Waals surface area (Å²) in [4.78, 5) is 18.3. The maximum atomic E-state index is 11.5. The average molecular weight is 455 g/mol. The van der Waals surface area contributed by atoms with Gasteiger partial charge in [0.2, 0.25) is 0 Å². The molecule has 0 radical (unpaired) electrons. The van der Waals surface area contributed by atoms with E-state index in [0.717, 1.165) is 48.2 Å². The number of nitrogens with zero attached hydrogens (tertiary/aromatic N) is 2. The minimum absolute atomic E-state index is 0.294. The summed E-state index contributed by atoms with van der Waals surface area (Å²) in [5, 5.41) is 8.91. The van der Waals surface area contributed by atoms with Crippen molar-refractivity contribution < 1.29 is 9.53 Å². The molecule has 4 rings (SSSR count). The Morgan fingerprint density at radius 3 is 2.61 bits per heavy atom. The van der Waals surface area contributed by atoms with Crippen LogP contribution in [-0.2, 0) is 4.74 Å². The van der Waals surface area contributed by atoms with E-state index in [2.05, 4.69) is 32.7 Å². The lowest BCUT2D eigenvalue weighted by Crippen LogP contribution is -2.46. The van der Waals surface area contributed by atoms with Gasteiger partial charge in [-0.15, -0.1) is 0 Å². The molecule has 8 heteroatoms. The highest BCUT2D eigenvalue weighted by molar-refractivity contribution is 7.80. The highest BCUT2D eigenvalue weighted by Crippen LogP contribution is 2.31. The predicted octanol–water partition coefficient (Wildman–Crippen LogP) is 4.63. The molecule has 0 atom stereocenters. The standard InChI is InChI=1S/C23H23ClN4O2S/c1-30-22(29)15-5-7-16(8-6-15)26-23(31)27-17-10-13-28(14-11-17)20-9-12-25-21-18(20)3-2-4-19(21)24/h2-9,12,17H,10-11,13-14H2,1H3,(H2,26,27,31). The quantitative estimate of drug-likeness (QED) is 0.440. The number of para-hydroxylation sites is 1. The van der Waals surface area contributed by atoms with Gasteiger partial charge in [0.25, 0.3) is 0 Å². The van der Waals surface area contributed by atoms with Crippen molar-refractivity contribution in [2.45, 2.75) is 18.9 Å². The molecule has 0 amide bonds. The van der Waals surface area contributed by atoms with Gasteiger partial charge in [0.05, 0.1) is 23.2 Å². The Kier molecular flexibility index (Phi) is 6.53. The van der Waals surface area contributed by atoms with Crippen molar-refractivity contribution >= 4 is 57.2 Å². The van der Waals surface area contributed by atoms with Crippen LogP contribution in [0.25, 0.3) is 10.9 Å². The molecular formula is C23H23ClN4O2S. The van der Waals surface area contributed by atoms with Crippen LogP contribution >= 0.6 is 23.8 Å². The number of ether oxygens (including phenoxy) is 1. The lowest BCUT2D eigenvalue weighted by atomic mass is 10.0. The number of hydrogen-bond donors (Lipinski definition) is 2. The molecule has 31 heavy (non-hydrogen) atoms. The summed E-state index contributed by atoms with van der Waals surface area (Å²) in [6.45, 7) is 1.83. The van der Waals surface area contributed by atoms with Gasteiger partial charge >= 0.3 is 5.97 Å². The van der Waals surface area contributed by atoms with Gasteiger partial charge in [0, 0.05) is 42.1 Å². The van der Waals surface area contributed by atoms with E-state index in [0.29, 0.717) is 21.7 Å². The van der Waals surface area contributed by atoms with Crippen LogP contribution in [0.2, 0.25) is 5.02 Å². The number of aromatic nitrogens is 1. The van der Waals surface area contributed by atoms with Crippen molar-refractivity contribution in [2.75, 3.05) is 30.4 Å². The summed E-state index contributed by atoms with van der Waals surface area (Å²) in [5.41, 5.74) is 3.33. The predicted molar refractivity (Wildman–Crippen MR) is 129 cm³/mol. The Balaban J connectivity index is 1.33. The highest BCUT2D eigenvalue weighted by Gasteiger charge is 2.21. The number of nitrogens with one attached hydrogen (secondary N) is 2. The van der Waals surface area contributed by atoms with E-state index in [-0.39, 0.29) is 5.97 Å². The van der Waals surface area contributed by atoms with Crippen molar-refractivity contribution in [1.29, 1.82) is 0 Å². The third kappa shape index (κ3) is 4.89. The van der Waals surface area contributed by atoms with E-state index >= 15 is 0 Å². The lowest BCUT2D eigenvalue weighted by molar-refractivity contribution is 0.0601. The van der Waals surface area contributed by atoms with Crippen LogP contribution in [0.5, 0.6) is 0 Å². The normalized spacial score (nSPS) is 14.3. The summed E-state index contributed by atoms with van der Waals surface area (Å²) < 4.78 is 4.72. The van der Waals surface area contributed by atoms with Crippen molar-refractivity contribution in [3.8, 4) is 0 Å². The molecule has 160 valence electrons. The third-order valence-electron chi connectivity index (χ3n) is 5.43. The number of piperidine rings is 1. The van der Waals surface area contributed by atoms with Crippen LogP contribution in [-0.4, -0.2) is 42.3 Å². The van der Waals surface area contributed by atoms with E-state index in [1.165, 1.54) is 7.11 Å². The Labute approximate surface area is 191 Å². The van der Waals surface area contributed by atoms with Crippen LogP contribution in [0.15, 0.2) is 54.7 Å². The average Bonchev–Trinajstić information content (AvgIpc) is 2.79. The van der Waals surface area contributed by atoms with E-state index < -0.39 is 0 Å². The number of esters is 1. The number of thiocarbonyl (C=S) groups is 1. The van der Waals surface area contributed by atoms with Crippen LogP contribution in [0, 0.1) is 0 Å². The van der Waals surface area contributed by atoms with Gasteiger partial charge in [-0.05, 0) is 61.5 Å². The summed E-state index contributed by atoms with van der Waals surface area (Å²) in [6.07, 6.45) is 3.75. The number of halogens is 1. The second-order valence-electron chi connectivity index (χ2n) is 7.39. The van der Waals surface area contributed by atoms with Gasteiger partial charge in [0.1, 0.15) is 0 Å². The van der Waals surface area contributed by atoms with Gasteiger partial charge in [0.15, 0.2) is 5.11 Å². The van der Waals surface area contributed by atoms with E-state index in [1.54, 1.807) is 12.1 Å². The summed E-state index contributed by atoms with van der Waals surface area (Å²) in [7, 11) is 1.37. The Morgan fingerprint density at radius 1 is 1.16 bits per heavy atom. The SMILES string of the molecule is COC(=O)c1ccc(NC(=S)NC2CCN(c3ccnc4c(Cl)cccc34)CC2)cc1. The van der Waals surface area contributed by atoms with Crippen LogP contribution in [0.3, 0.4) is 0 Å². The summed E-state index contributed by atoms with van der Waals surface area (Å²) in [6, 6.07) is 15.3. The number of pyridine rings is 1. The van der Waals surface area contributed by atoms with Gasteiger partial charge in [-0.2, -0.15) is 0 Å². The Morgan fingerprint density at radius 2 is 1.90 bits per heavy atom. The monoisotopic (exact) mass is 454 g/mol. The lowest BCUT2D eigenvalue weighted by Gasteiger charge is -2.35. The first kappa shape index (κ1) is 21.3. The summed E-state index contributed by atoms with van der Waals surface area (Å²) >= 11 is 11.8. The smallest absolute Gasteiger partial charge is 0.337 e. The molecule has 1 aliphatic rings. The molecule has 2 aromatic carbocycles. The molecule has 2 N–H and O–H groups in total. The molecule has 0 spiro atoms. The molecule has 1 saturated heterocycles. The minimum atomic E-state index is -0.358.